The lowest BCUT2D eigenvalue weighted by Gasteiger charge is -2.25. The molecule has 1 aliphatic heterocycles. The average molecular weight is 553 g/mol. The number of Topliss-reactive ketones (excluding diaryl/α,β-unsaturated/α-hetero) is 1. The van der Waals surface area contributed by atoms with Crippen LogP contribution in [0.3, 0.4) is 0 Å². The van der Waals surface area contributed by atoms with Crippen molar-refractivity contribution >= 4 is 40.0 Å². The van der Waals surface area contributed by atoms with Gasteiger partial charge in [-0.2, -0.15) is 0 Å². The molecule has 1 amide bonds. The van der Waals surface area contributed by atoms with Crippen LogP contribution in [-0.2, 0) is 4.79 Å². The van der Waals surface area contributed by atoms with E-state index in [0.717, 1.165) is 5.56 Å². The number of ketones is 1. The third-order valence-corrected chi connectivity index (χ3v) is 8.01. The second kappa shape index (κ2) is 9.97. The van der Waals surface area contributed by atoms with E-state index >= 15 is 0 Å². The number of nitrogens with one attached hydrogen (secondary N) is 1. The van der Waals surface area contributed by atoms with Crippen LogP contribution >= 0.6 is 11.3 Å². The number of thiazole rings is 1. The molecular formula is C30H24N4O5S. The van der Waals surface area contributed by atoms with Crippen LogP contribution in [0, 0.1) is 6.92 Å². The monoisotopic (exact) mass is 552 g/mol. The van der Waals surface area contributed by atoms with Crippen molar-refractivity contribution in [2.45, 2.75) is 13.0 Å². The molecule has 5 aromatic rings. The van der Waals surface area contributed by atoms with E-state index in [0.29, 0.717) is 43.7 Å². The van der Waals surface area contributed by atoms with Crippen molar-refractivity contribution in [1.82, 2.24) is 15.0 Å². The van der Waals surface area contributed by atoms with Gasteiger partial charge in [0.25, 0.3) is 5.91 Å². The summed E-state index contributed by atoms with van der Waals surface area (Å²) in [5, 5.41) is 11.9. The van der Waals surface area contributed by atoms with Crippen molar-refractivity contribution < 1.29 is 24.2 Å². The molecule has 0 bridgehead atoms. The number of carbonyl (C=O) groups excluding carboxylic acids is 2. The van der Waals surface area contributed by atoms with Gasteiger partial charge in [0.05, 0.1) is 47.4 Å². The number of para-hydroxylation sites is 2. The second-order valence-corrected chi connectivity index (χ2v) is 10.2. The molecule has 40 heavy (non-hydrogen) atoms. The first kappa shape index (κ1) is 25.3. The number of rotatable bonds is 7. The molecule has 1 aliphatic rings. The van der Waals surface area contributed by atoms with Crippen molar-refractivity contribution in [3.63, 3.8) is 0 Å². The molecule has 0 spiro atoms. The summed E-state index contributed by atoms with van der Waals surface area (Å²) in [7, 11) is 3.03. The minimum atomic E-state index is -0.998. The molecule has 0 saturated heterocycles. The van der Waals surface area contributed by atoms with Crippen LogP contribution in [-0.4, -0.2) is 46.0 Å². The number of benzene rings is 3. The predicted molar refractivity (Wildman–Crippen MR) is 152 cm³/mol. The van der Waals surface area contributed by atoms with Gasteiger partial charge in [-0.3, -0.25) is 14.5 Å². The third-order valence-electron chi connectivity index (χ3n) is 6.80. The Hall–Kier alpha value is -4.96. The Morgan fingerprint density at radius 3 is 2.42 bits per heavy atom. The van der Waals surface area contributed by atoms with Crippen molar-refractivity contribution in [2.75, 3.05) is 19.1 Å². The summed E-state index contributed by atoms with van der Waals surface area (Å²) in [5.74, 6) is -0.770. The molecule has 6 rings (SSSR count). The molecule has 200 valence electrons. The van der Waals surface area contributed by atoms with Crippen molar-refractivity contribution in [1.29, 1.82) is 0 Å². The Morgan fingerprint density at radius 1 is 0.975 bits per heavy atom. The maximum atomic E-state index is 14.2. The number of carbonyl (C=O) groups is 2. The molecule has 0 aliphatic carbocycles. The normalized spacial score (nSPS) is 15.2. The van der Waals surface area contributed by atoms with E-state index < -0.39 is 23.5 Å². The highest BCUT2D eigenvalue weighted by Crippen LogP contribution is 2.44. The van der Waals surface area contributed by atoms with Crippen LogP contribution in [0.15, 0.2) is 84.1 Å². The number of methoxy groups -OCH3 is 2. The van der Waals surface area contributed by atoms with Gasteiger partial charge >= 0.3 is 0 Å². The van der Waals surface area contributed by atoms with E-state index in [9.17, 15) is 14.7 Å². The van der Waals surface area contributed by atoms with Gasteiger partial charge in [-0.15, -0.1) is 11.3 Å². The van der Waals surface area contributed by atoms with Crippen LogP contribution in [0.25, 0.3) is 21.6 Å². The Balaban J connectivity index is 1.51. The molecule has 1 unspecified atom stereocenters. The SMILES string of the molecule is COc1ccc(C2C(C(=O)c3sc(-c4ccccc4)nc3C)=C(O)C(=O)N2c2nc3ccccc3[nH]2)cc1OC. The fraction of sp³-hybridized carbons (Fsp3) is 0.133. The van der Waals surface area contributed by atoms with Gasteiger partial charge in [0, 0.05) is 5.56 Å². The maximum Gasteiger partial charge on any atom is 0.296 e. The summed E-state index contributed by atoms with van der Waals surface area (Å²) >= 11 is 1.22. The number of nitrogens with zero attached hydrogens (tertiary/aromatic N) is 3. The molecule has 3 aromatic carbocycles. The predicted octanol–water partition coefficient (Wildman–Crippen LogP) is 5.79. The highest BCUT2D eigenvalue weighted by molar-refractivity contribution is 7.17. The van der Waals surface area contributed by atoms with Gasteiger partial charge in [-0.25, -0.2) is 9.97 Å². The number of anilines is 1. The number of fused-ring (bicyclic) bond motifs is 1. The van der Waals surface area contributed by atoms with Crippen LogP contribution < -0.4 is 14.4 Å². The van der Waals surface area contributed by atoms with E-state index in [1.165, 1.54) is 30.5 Å². The number of aromatic amines is 1. The standard InChI is InChI=1S/C30H24N4O5S/c1-16-27(40-28(31-16)17-9-5-4-6-10-17)25(35)23-24(18-13-14-21(38-2)22(15-18)39-3)34(29(37)26(23)36)30-32-19-11-7-8-12-20(19)33-30/h4-15,24,36H,1-3H3,(H,32,33). The number of imidazole rings is 1. The molecule has 2 aromatic heterocycles. The van der Waals surface area contributed by atoms with Crippen molar-refractivity contribution in [2.24, 2.45) is 0 Å². The molecule has 0 saturated carbocycles. The number of hydrogen-bond donors (Lipinski definition) is 2. The minimum Gasteiger partial charge on any atom is -0.503 e. The van der Waals surface area contributed by atoms with Gasteiger partial charge in [0.1, 0.15) is 5.01 Å². The van der Waals surface area contributed by atoms with Crippen molar-refractivity contribution in [3.8, 4) is 22.1 Å². The number of amides is 1. The van der Waals surface area contributed by atoms with Gasteiger partial charge < -0.3 is 19.6 Å². The zero-order chi connectivity index (χ0) is 28.0. The Labute approximate surface area is 233 Å². The Bertz CT molecular complexity index is 1770. The van der Waals surface area contributed by atoms with Crippen LogP contribution in [0.4, 0.5) is 5.95 Å². The highest BCUT2D eigenvalue weighted by Gasteiger charge is 2.47. The van der Waals surface area contributed by atoms with E-state index in [1.54, 1.807) is 25.1 Å². The largest absolute Gasteiger partial charge is 0.503 e. The Kier molecular flexibility index (Phi) is 6.31. The highest BCUT2D eigenvalue weighted by atomic mass is 32.1. The molecule has 3 heterocycles. The topological polar surface area (TPSA) is 118 Å². The Morgan fingerprint density at radius 2 is 1.70 bits per heavy atom. The fourth-order valence-electron chi connectivity index (χ4n) is 4.88. The van der Waals surface area contributed by atoms with E-state index in [2.05, 4.69) is 15.0 Å². The molecular weight excluding hydrogens is 528 g/mol. The molecule has 9 nitrogen and oxygen atoms in total. The molecule has 1 atom stereocenters. The van der Waals surface area contributed by atoms with Gasteiger partial charge in [-0.1, -0.05) is 48.5 Å². The number of aliphatic hydroxyl groups is 1. The summed E-state index contributed by atoms with van der Waals surface area (Å²) in [4.78, 5) is 41.8. The lowest BCUT2D eigenvalue weighted by Crippen LogP contribution is -2.32. The summed E-state index contributed by atoms with van der Waals surface area (Å²) < 4.78 is 10.9. The fourth-order valence-corrected chi connectivity index (χ4v) is 5.91. The molecule has 0 radical (unpaired) electrons. The first-order valence-corrected chi connectivity index (χ1v) is 13.2. The first-order chi connectivity index (χ1) is 19.4. The average Bonchev–Trinajstić information content (AvgIpc) is 3.66. The number of ether oxygens (including phenoxy) is 2. The second-order valence-electron chi connectivity index (χ2n) is 9.16. The number of hydrogen-bond acceptors (Lipinski definition) is 8. The maximum absolute atomic E-state index is 14.2. The van der Waals surface area contributed by atoms with E-state index in [1.807, 2.05) is 54.6 Å². The summed E-state index contributed by atoms with van der Waals surface area (Å²) in [6.07, 6.45) is 0. The van der Waals surface area contributed by atoms with Crippen molar-refractivity contribution in [3.05, 3.63) is 100 Å². The quantitative estimate of drug-likeness (QED) is 0.245. The lowest BCUT2D eigenvalue weighted by molar-refractivity contribution is -0.117. The first-order valence-electron chi connectivity index (χ1n) is 12.4. The molecule has 0 fully saturated rings. The minimum absolute atomic E-state index is 0.0657. The number of aromatic nitrogens is 3. The summed E-state index contributed by atoms with van der Waals surface area (Å²) in [6.45, 7) is 1.74. The van der Waals surface area contributed by atoms with Crippen LogP contribution in [0.2, 0.25) is 0 Å². The number of H-pyrrole nitrogens is 1. The third kappa shape index (κ3) is 4.09. The number of aryl methyl sites for hydroxylation is 1. The van der Waals surface area contributed by atoms with E-state index in [4.69, 9.17) is 9.47 Å². The zero-order valence-corrected chi connectivity index (χ0v) is 22.7. The molecule has 10 heteroatoms. The summed E-state index contributed by atoms with van der Waals surface area (Å²) in [6, 6.07) is 21.0. The summed E-state index contributed by atoms with van der Waals surface area (Å²) in [5.41, 5.74) is 3.20. The molecule has 2 N–H and O–H groups in total. The number of aliphatic hydroxyl groups excluding tert-OH is 1. The van der Waals surface area contributed by atoms with E-state index in [-0.39, 0.29) is 11.5 Å². The van der Waals surface area contributed by atoms with Gasteiger partial charge in [0.2, 0.25) is 11.7 Å². The van der Waals surface area contributed by atoms with Crippen LogP contribution in [0.5, 0.6) is 11.5 Å². The van der Waals surface area contributed by atoms with Crippen LogP contribution in [0.1, 0.15) is 27.0 Å². The van der Waals surface area contributed by atoms with Gasteiger partial charge in [0.15, 0.2) is 17.3 Å². The lowest BCUT2D eigenvalue weighted by atomic mass is 9.95. The van der Waals surface area contributed by atoms with Gasteiger partial charge in [-0.05, 0) is 36.8 Å². The smallest absolute Gasteiger partial charge is 0.296 e. The zero-order valence-electron chi connectivity index (χ0n) is 21.8.